The largest absolute Gasteiger partial charge is 0.479 e. The Labute approximate surface area is 314 Å². The summed E-state index contributed by atoms with van der Waals surface area (Å²) in [6.45, 7) is 18.2. The Hall–Kier alpha value is -2.81. The van der Waals surface area contributed by atoms with Crippen molar-refractivity contribution in [3.05, 3.63) is 35.9 Å². The Morgan fingerprint density at radius 2 is 1.73 bits per heavy atom. The number of Topliss-reactive ketones (excluding diaryl/α,β-unsaturated/α-hetero) is 1. The van der Waals surface area contributed by atoms with Crippen molar-refractivity contribution in [1.82, 2.24) is 20.9 Å². The minimum absolute atomic E-state index is 0.00544. The molecule has 0 saturated carbocycles. The van der Waals surface area contributed by atoms with E-state index in [1.165, 1.54) is 16.7 Å². The number of carbonyl (C=O) groups excluding carboxylic acids is 5. The second-order valence-electron chi connectivity index (χ2n) is 15.6. The molecule has 2 unspecified atom stereocenters. The number of rotatable bonds is 13. The summed E-state index contributed by atoms with van der Waals surface area (Å²) in [5.41, 5.74) is -0.531. The lowest BCUT2D eigenvalue weighted by molar-refractivity contribution is -0.144. The van der Waals surface area contributed by atoms with Gasteiger partial charge >= 0.3 is 0 Å². The van der Waals surface area contributed by atoms with Gasteiger partial charge in [0.2, 0.25) is 28.0 Å². The molecule has 1 aromatic rings. The van der Waals surface area contributed by atoms with Crippen molar-refractivity contribution < 1.29 is 33.1 Å². The predicted octanol–water partition coefficient (Wildman–Crippen LogP) is 5.06. The molecule has 14 heteroatoms. The zero-order valence-corrected chi connectivity index (χ0v) is 34.4. The molecule has 5 atom stereocenters. The maximum Gasteiger partial charge on any atom is 0.246 e. The number of hydrogen-bond acceptors (Lipinski definition) is 9. The average Bonchev–Trinajstić information content (AvgIpc) is 3.54. The number of nitrogens with one attached hydrogen (secondary N) is 3. The van der Waals surface area contributed by atoms with Crippen LogP contribution in [-0.2, 0) is 39.6 Å². The molecule has 0 radical (unpaired) electrons. The smallest absolute Gasteiger partial charge is 0.246 e. The standard InChI is InChI=1S/C37H58N4O7S2Si/c1-10-47-35(49)50-26(19-21-30(42)24(2)48-51(8,9)36(3,4)5)18-20-27-31(43)40-37(6,7)34(46)39-28(23-25-15-12-11-13-16-25)33(45)41-22-14-17-29(41)32(44)38-27/h11-13,15-16,24,26-29H,10,14,17-23H2,1-9H3,(H,38,44)(H,39,46)(H,40,43)/t24-,26?,27-,28-,29?/m0/s1. The van der Waals surface area contributed by atoms with Gasteiger partial charge in [-0.3, -0.25) is 24.0 Å². The lowest BCUT2D eigenvalue weighted by Crippen LogP contribution is -2.64. The quantitative estimate of drug-likeness (QED) is 0.186. The zero-order chi connectivity index (χ0) is 38.1. The van der Waals surface area contributed by atoms with Crippen molar-refractivity contribution in [1.29, 1.82) is 0 Å². The minimum atomic E-state index is -2.16. The third-order valence-corrected chi connectivity index (χ3v) is 16.2. The van der Waals surface area contributed by atoms with Crippen LogP contribution in [0.1, 0.15) is 92.6 Å². The average molecular weight is 763 g/mol. The maximum absolute atomic E-state index is 13.9. The second-order valence-corrected chi connectivity index (χ2v) is 22.3. The summed E-state index contributed by atoms with van der Waals surface area (Å²) < 4.78 is 12.2. The Morgan fingerprint density at radius 1 is 1.06 bits per heavy atom. The summed E-state index contributed by atoms with van der Waals surface area (Å²) in [5.74, 6) is -1.77. The van der Waals surface area contributed by atoms with Crippen LogP contribution in [0.4, 0.5) is 0 Å². The molecule has 3 N–H and O–H groups in total. The molecule has 4 amide bonds. The van der Waals surface area contributed by atoms with E-state index in [-0.39, 0.29) is 41.2 Å². The van der Waals surface area contributed by atoms with E-state index in [1.54, 1.807) is 20.8 Å². The van der Waals surface area contributed by atoms with Gasteiger partial charge in [-0.1, -0.05) is 62.9 Å². The maximum atomic E-state index is 13.9. The van der Waals surface area contributed by atoms with Gasteiger partial charge in [0.05, 0.1) is 6.61 Å². The zero-order valence-electron chi connectivity index (χ0n) is 31.8. The highest BCUT2D eigenvalue weighted by molar-refractivity contribution is 8.23. The fourth-order valence-electron chi connectivity index (χ4n) is 5.97. The first-order chi connectivity index (χ1) is 23.8. The first-order valence-corrected chi connectivity index (χ1v) is 22.3. The molecule has 11 nitrogen and oxygen atoms in total. The van der Waals surface area contributed by atoms with Gasteiger partial charge in [-0.25, -0.2) is 0 Å². The molecule has 0 bridgehead atoms. The fraction of sp³-hybridized carbons (Fsp3) is 0.676. The molecule has 2 saturated heterocycles. The number of carbonyl (C=O) groups is 5. The number of ketones is 1. The van der Waals surface area contributed by atoms with Gasteiger partial charge in [-0.15, -0.1) is 0 Å². The van der Waals surface area contributed by atoms with Gasteiger partial charge in [-0.05, 0) is 95.7 Å². The van der Waals surface area contributed by atoms with E-state index in [4.69, 9.17) is 21.4 Å². The summed E-state index contributed by atoms with van der Waals surface area (Å²) in [6, 6.07) is 6.69. The highest BCUT2D eigenvalue weighted by Gasteiger charge is 2.43. The van der Waals surface area contributed by atoms with Gasteiger partial charge < -0.3 is 30.0 Å². The normalized spacial score (nSPS) is 22.8. The molecule has 0 aliphatic carbocycles. The van der Waals surface area contributed by atoms with Crippen molar-refractivity contribution >= 4 is 66.1 Å². The molecular weight excluding hydrogens is 705 g/mol. The molecule has 2 aliphatic heterocycles. The topological polar surface area (TPSA) is 143 Å². The molecule has 51 heavy (non-hydrogen) atoms. The predicted molar refractivity (Wildman–Crippen MR) is 208 cm³/mol. The second kappa shape index (κ2) is 18.3. The molecule has 0 spiro atoms. The highest BCUT2D eigenvalue weighted by Crippen LogP contribution is 2.37. The third kappa shape index (κ3) is 12.1. The molecule has 0 aromatic heterocycles. The molecular formula is C37H58N4O7S2Si. The SMILES string of the molecule is CCOC(=S)SC(CCC(=O)[C@H](C)O[Si](C)(C)C(C)(C)C)CC[C@@H]1NC(=O)C2CCCN2C(=O)[C@H](Cc2ccccc2)NC(=O)C(C)(C)NC1=O. The van der Waals surface area contributed by atoms with Crippen LogP contribution in [0.15, 0.2) is 30.3 Å². The van der Waals surface area contributed by atoms with Crippen LogP contribution in [0.25, 0.3) is 0 Å². The van der Waals surface area contributed by atoms with Crippen LogP contribution < -0.4 is 16.0 Å². The number of benzene rings is 1. The monoisotopic (exact) mass is 762 g/mol. The van der Waals surface area contributed by atoms with E-state index >= 15 is 0 Å². The van der Waals surface area contributed by atoms with Gasteiger partial charge in [0, 0.05) is 24.6 Å². The van der Waals surface area contributed by atoms with E-state index in [9.17, 15) is 24.0 Å². The van der Waals surface area contributed by atoms with Crippen molar-refractivity contribution in [2.45, 2.75) is 147 Å². The Morgan fingerprint density at radius 3 is 2.35 bits per heavy atom. The van der Waals surface area contributed by atoms with Crippen molar-refractivity contribution in [3.63, 3.8) is 0 Å². The summed E-state index contributed by atoms with van der Waals surface area (Å²) in [6.07, 6.45) is 2.11. The molecule has 1 aromatic carbocycles. The summed E-state index contributed by atoms with van der Waals surface area (Å²) in [5, 5.41) is 8.39. The van der Waals surface area contributed by atoms with E-state index in [2.05, 4.69) is 49.8 Å². The van der Waals surface area contributed by atoms with Crippen molar-refractivity contribution in [3.8, 4) is 0 Å². The van der Waals surface area contributed by atoms with Crippen LogP contribution in [0.5, 0.6) is 0 Å². The number of fused-ring (bicyclic) bond motifs is 1. The number of hydrogen-bond donors (Lipinski definition) is 3. The van der Waals surface area contributed by atoms with E-state index in [0.29, 0.717) is 43.2 Å². The first kappa shape index (κ1) is 42.6. The fourth-order valence-corrected chi connectivity index (χ4v) is 8.82. The van der Waals surface area contributed by atoms with Crippen molar-refractivity contribution in [2.75, 3.05) is 13.2 Å². The highest BCUT2D eigenvalue weighted by atomic mass is 32.2. The molecule has 2 aliphatic rings. The minimum Gasteiger partial charge on any atom is -0.479 e. The Balaban J connectivity index is 1.81. The Bertz CT molecular complexity index is 1420. The van der Waals surface area contributed by atoms with E-state index < -0.39 is 55.8 Å². The Kier molecular flexibility index (Phi) is 15.3. The summed E-state index contributed by atoms with van der Waals surface area (Å²) in [7, 11) is -2.16. The lowest BCUT2D eigenvalue weighted by atomic mass is 9.98. The van der Waals surface area contributed by atoms with E-state index in [1.807, 2.05) is 37.3 Å². The van der Waals surface area contributed by atoms with Crippen molar-refractivity contribution in [2.24, 2.45) is 0 Å². The lowest BCUT2D eigenvalue weighted by Gasteiger charge is -2.38. The van der Waals surface area contributed by atoms with Crippen LogP contribution in [0.2, 0.25) is 18.1 Å². The molecule has 284 valence electrons. The van der Waals surface area contributed by atoms with Gasteiger partial charge in [0.1, 0.15) is 29.8 Å². The summed E-state index contributed by atoms with van der Waals surface area (Å²) >= 11 is 6.78. The number of nitrogens with zero attached hydrogens (tertiary/aromatic N) is 1. The number of thioether (sulfide) groups is 1. The van der Waals surface area contributed by atoms with Gasteiger partial charge in [-0.2, -0.15) is 0 Å². The third-order valence-electron chi connectivity index (χ3n) is 10.1. The van der Waals surface area contributed by atoms with Crippen LogP contribution >= 0.6 is 24.0 Å². The molecule has 3 rings (SSSR count). The molecule has 2 fully saturated rings. The van der Waals surface area contributed by atoms with Gasteiger partial charge in [0.15, 0.2) is 14.1 Å². The number of amides is 4. The van der Waals surface area contributed by atoms with Gasteiger partial charge in [0.25, 0.3) is 0 Å². The summed E-state index contributed by atoms with van der Waals surface area (Å²) in [4.78, 5) is 70.1. The van der Waals surface area contributed by atoms with Crippen LogP contribution in [0, 0.1) is 0 Å². The van der Waals surface area contributed by atoms with Crippen LogP contribution in [-0.4, -0.2) is 95.2 Å². The molecule has 2 heterocycles. The number of ether oxygens (including phenoxy) is 1. The van der Waals surface area contributed by atoms with E-state index in [0.717, 1.165) is 5.56 Å². The first-order valence-electron chi connectivity index (χ1n) is 18.1. The van der Waals surface area contributed by atoms with Crippen LogP contribution in [0.3, 0.4) is 0 Å². The number of thiocarbonyl (C=S) groups is 1.